The highest BCUT2D eigenvalue weighted by Crippen LogP contribution is 2.49. The molecule has 0 saturated heterocycles. The quantitative estimate of drug-likeness (QED) is 0.398. The largest absolute Gasteiger partial charge is 0.380 e. The summed E-state index contributed by atoms with van der Waals surface area (Å²) in [4.78, 5) is 17.5. The number of carbonyl (C=O) groups is 1. The Bertz CT molecular complexity index is 484. The molecule has 2 N–H and O–H groups in total. The third-order valence-corrected chi connectivity index (χ3v) is 5.23. The van der Waals surface area contributed by atoms with Gasteiger partial charge in [-0.15, -0.1) is 11.3 Å². The Morgan fingerprint density at radius 3 is 3.00 bits per heavy atom. The van der Waals surface area contributed by atoms with Crippen LogP contribution in [0.4, 0.5) is 0 Å². The summed E-state index contributed by atoms with van der Waals surface area (Å²) in [6.07, 6.45) is 5.60. The van der Waals surface area contributed by atoms with Crippen molar-refractivity contribution >= 4 is 23.1 Å². The number of fused-ring (bicyclic) bond motifs is 2. The molecule has 0 aliphatic heterocycles. The fourth-order valence-corrected chi connectivity index (χ4v) is 4.07. The van der Waals surface area contributed by atoms with Gasteiger partial charge in [-0.05, 0) is 48.5 Å². The van der Waals surface area contributed by atoms with Crippen molar-refractivity contribution < 1.29 is 9.63 Å². The lowest BCUT2D eigenvalue weighted by Crippen LogP contribution is -2.18. The monoisotopic (exact) mass is 278 g/mol. The standard InChI is InChI=1S/C14H18N2O2S/c15-14(12-2-1-5-19-12)16-18-13(17)8-11-7-9-3-4-10(11)6-9/h1-2,5,9-11H,3-4,6-8H2,(H2,15,16)/t9-,10+,11-/m0/s1. The predicted octanol–water partition coefficient (Wildman–Crippen LogP) is 2.74. The summed E-state index contributed by atoms with van der Waals surface area (Å²) in [7, 11) is 0. The van der Waals surface area contributed by atoms with E-state index in [-0.39, 0.29) is 11.8 Å². The van der Waals surface area contributed by atoms with Crippen molar-refractivity contribution in [3.8, 4) is 0 Å². The molecular formula is C14H18N2O2S. The van der Waals surface area contributed by atoms with Crippen molar-refractivity contribution in [2.45, 2.75) is 32.1 Å². The Morgan fingerprint density at radius 1 is 1.47 bits per heavy atom. The molecule has 2 fully saturated rings. The van der Waals surface area contributed by atoms with Crippen LogP contribution in [0.3, 0.4) is 0 Å². The highest BCUT2D eigenvalue weighted by Gasteiger charge is 2.40. The zero-order chi connectivity index (χ0) is 13.2. The molecule has 1 aromatic rings. The highest BCUT2D eigenvalue weighted by molar-refractivity contribution is 7.12. The van der Waals surface area contributed by atoms with E-state index in [9.17, 15) is 4.79 Å². The molecule has 2 aliphatic rings. The number of hydrogen-bond donors (Lipinski definition) is 1. The summed E-state index contributed by atoms with van der Waals surface area (Å²) in [6.45, 7) is 0. The molecule has 0 unspecified atom stereocenters. The molecular weight excluding hydrogens is 260 g/mol. The molecule has 102 valence electrons. The van der Waals surface area contributed by atoms with E-state index < -0.39 is 0 Å². The second-order valence-electron chi connectivity index (χ2n) is 5.56. The minimum atomic E-state index is -0.253. The van der Waals surface area contributed by atoms with Crippen molar-refractivity contribution in [3.63, 3.8) is 0 Å². The molecule has 2 bridgehead atoms. The van der Waals surface area contributed by atoms with Crippen LogP contribution < -0.4 is 5.73 Å². The number of nitrogens with two attached hydrogens (primary N) is 1. The summed E-state index contributed by atoms with van der Waals surface area (Å²) >= 11 is 1.48. The van der Waals surface area contributed by atoms with Crippen molar-refractivity contribution in [3.05, 3.63) is 22.4 Å². The summed E-state index contributed by atoms with van der Waals surface area (Å²) in [5.41, 5.74) is 5.74. The van der Waals surface area contributed by atoms with Gasteiger partial charge in [0, 0.05) is 0 Å². The van der Waals surface area contributed by atoms with Gasteiger partial charge in [0.25, 0.3) is 0 Å². The van der Waals surface area contributed by atoms with Crippen LogP contribution in [-0.2, 0) is 9.63 Å². The number of carbonyl (C=O) groups excluding carboxylic acids is 1. The molecule has 19 heavy (non-hydrogen) atoms. The molecule has 3 rings (SSSR count). The lowest BCUT2D eigenvalue weighted by atomic mass is 9.86. The highest BCUT2D eigenvalue weighted by atomic mass is 32.1. The zero-order valence-electron chi connectivity index (χ0n) is 10.7. The number of thiophene rings is 1. The van der Waals surface area contributed by atoms with Gasteiger partial charge < -0.3 is 10.6 Å². The zero-order valence-corrected chi connectivity index (χ0v) is 11.6. The maximum atomic E-state index is 11.8. The van der Waals surface area contributed by atoms with E-state index >= 15 is 0 Å². The van der Waals surface area contributed by atoms with Gasteiger partial charge in [0.1, 0.15) is 0 Å². The Labute approximate surface area is 116 Å². The van der Waals surface area contributed by atoms with E-state index in [4.69, 9.17) is 10.6 Å². The molecule has 0 aromatic carbocycles. The summed E-state index contributed by atoms with van der Waals surface area (Å²) in [5.74, 6) is 2.11. The fourth-order valence-electron chi connectivity index (χ4n) is 3.45. The van der Waals surface area contributed by atoms with E-state index in [1.165, 1.54) is 37.0 Å². The summed E-state index contributed by atoms with van der Waals surface area (Å²) in [5, 5.41) is 5.64. The fraction of sp³-hybridized carbons (Fsp3) is 0.571. The topological polar surface area (TPSA) is 64.7 Å². The Hall–Kier alpha value is -1.36. The van der Waals surface area contributed by atoms with Crippen LogP contribution in [0, 0.1) is 17.8 Å². The number of hydrogen-bond acceptors (Lipinski definition) is 4. The first-order valence-electron chi connectivity index (χ1n) is 6.79. The molecule has 0 spiro atoms. The van der Waals surface area contributed by atoms with Crippen molar-refractivity contribution in [2.75, 3.05) is 0 Å². The lowest BCUT2D eigenvalue weighted by molar-refractivity contribution is -0.145. The Morgan fingerprint density at radius 2 is 2.37 bits per heavy atom. The molecule has 4 nitrogen and oxygen atoms in total. The lowest BCUT2D eigenvalue weighted by Gasteiger charge is -2.19. The number of oxime groups is 1. The predicted molar refractivity (Wildman–Crippen MR) is 74.7 cm³/mol. The summed E-state index contributed by atoms with van der Waals surface area (Å²) in [6, 6.07) is 3.74. The number of rotatable bonds is 4. The molecule has 5 heteroatoms. The van der Waals surface area contributed by atoms with E-state index in [0.717, 1.165) is 16.7 Å². The van der Waals surface area contributed by atoms with Gasteiger partial charge in [0.2, 0.25) is 0 Å². The van der Waals surface area contributed by atoms with Gasteiger partial charge in [-0.2, -0.15) is 0 Å². The average molecular weight is 278 g/mol. The number of nitrogens with zero attached hydrogens (tertiary/aromatic N) is 1. The van der Waals surface area contributed by atoms with Crippen LogP contribution >= 0.6 is 11.3 Å². The van der Waals surface area contributed by atoms with Crippen LogP contribution in [0.15, 0.2) is 22.7 Å². The van der Waals surface area contributed by atoms with Crippen LogP contribution in [0.5, 0.6) is 0 Å². The summed E-state index contributed by atoms with van der Waals surface area (Å²) < 4.78 is 0. The van der Waals surface area contributed by atoms with Crippen LogP contribution in [-0.4, -0.2) is 11.8 Å². The third kappa shape index (κ3) is 2.81. The average Bonchev–Trinajstić information content (AvgIpc) is 3.12. The molecule has 1 aromatic heterocycles. The van der Waals surface area contributed by atoms with E-state index in [2.05, 4.69) is 5.16 Å². The maximum Gasteiger partial charge on any atom is 0.335 e. The second-order valence-corrected chi connectivity index (χ2v) is 6.50. The normalized spacial score (nSPS) is 29.7. The third-order valence-electron chi connectivity index (χ3n) is 4.33. The van der Waals surface area contributed by atoms with Crippen LogP contribution in [0.2, 0.25) is 0 Å². The SMILES string of the molecule is N/C(=N/OC(=O)C[C@@H]1C[C@H]2CC[C@@H]1C2)c1cccs1. The van der Waals surface area contributed by atoms with Gasteiger partial charge in [0.05, 0.1) is 11.3 Å². The van der Waals surface area contributed by atoms with Crippen LogP contribution in [0.1, 0.15) is 37.0 Å². The maximum absolute atomic E-state index is 11.8. The van der Waals surface area contributed by atoms with Gasteiger partial charge >= 0.3 is 5.97 Å². The van der Waals surface area contributed by atoms with E-state index in [1.54, 1.807) is 0 Å². The van der Waals surface area contributed by atoms with Gasteiger partial charge in [-0.1, -0.05) is 17.6 Å². The minimum absolute atomic E-state index is 0.253. The molecule has 1 heterocycles. The van der Waals surface area contributed by atoms with Crippen molar-refractivity contribution in [1.29, 1.82) is 0 Å². The molecule has 2 saturated carbocycles. The second kappa shape index (κ2) is 5.33. The minimum Gasteiger partial charge on any atom is -0.380 e. The van der Waals surface area contributed by atoms with E-state index in [1.807, 2.05) is 17.5 Å². The first-order chi connectivity index (χ1) is 9.22. The van der Waals surface area contributed by atoms with Crippen molar-refractivity contribution in [2.24, 2.45) is 28.6 Å². The van der Waals surface area contributed by atoms with Crippen molar-refractivity contribution in [1.82, 2.24) is 0 Å². The van der Waals surface area contributed by atoms with E-state index in [0.29, 0.717) is 12.3 Å². The molecule has 0 amide bonds. The van der Waals surface area contributed by atoms with Gasteiger partial charge in [0.15, 0.2) is 5.84 Å². The molecule has 2 aliphatic carbocycles. The first kappa shape index (κ1) is 12.7. The number of amidine groups is 1. The van der Waals surface area contributed by atoms with Gasteiger partial charge in [-0.3, -0.25) is 0 Å². The molecule has 3 atom stereocenters. The Balaban J connectivity index is 1.50. The first-order valence-corrected chi connectivity index (χ1v) is 7.67. The molecule has 0 radical (unpaired) electrons. The Kier molecular flexibility index (Phi) is 3.55. The van der Waals surface area contributed by atoms with Crippen LogP contribution in [0.25, 0.3) is 0 Å². The smallest absolute Gasteiger partial charge is 0.335 e. The van der Waals surface area contributed by atoms with Gasteiger partial charge in [-0.25, -0.2) is 4.79 Å².